The van der Waals surface area contributed by atoms with E-state index in [2.05, 4.69) is 22.5 Å². The number of carbonyl (C=O) groups is 1. The number of ether oxygens (including phenoxy) is 1. The highest BCUT2D eigenvalue weighted by Gasteiger charge is 2.43. The predicted octanol–water partition coefficient (Wildman–Crippen LogP) is 2.94. The molecule has 0 aliphatic carbocycles. The lowest BCUT2D eigenvalue weighted by molar-refractivity contribution is -0.133. The van der Waals surface area contributed by atoms with E-state index in [1.54, 1.807) is 37.4 Å². The van der Waals surface area contributed by atoms with E-state index in [1.165, 1.54) is 12.1 Å². The minimum Gasteiger partial charge on any atom is -0.497 e. The smallest absolute Gasteiger partial charge is 0.269 e. The van der Waals surface area contributed by atoms with E-state index < -0.39 is 11.5 Å². The highest BCUT2D eigenvalue weighted by Crippen LogP contribution is 2.28. The highest BCUT2D eigenvalue weighted by atomic mass is 35.5. The molecule has 1 heterocycles. The summed E-state index contributed by atoms with van der Waals surface area (Å²) in [7, 11) is 1.58. The molecule has 30 heavy (non-hydrogen) atoms. The Hall–Kier alpha value is -3.03. The number of aliphatic hydroxyl groups is 1. The number of anilines is 1. The second kappa shape index (κ2) is 9.65. The van der Waals surface area contributed by atoms with Crippen LogP contribution < -0.4 is 15.4 Å². The van der Waals surface area contributed by atoms with E-state index in [0.717, 1.165) is 0 Å². The Kier molecular flexibility index (Phi) is 6.97. The summed E-state index contributed by atoms with van der Waals surface area (Å²) in [6, 6.07) is 13.6. The second-order valence-electron chi connectivity index (χ2n) is 7.03. The molecule has 2 aromatic rings. The van der Waals surface area contributed by atoms with Crippen molar-refractivity contribution >= 4 is 23.2 Å². The van der Waals surface area contributed by atoms with Gasteiger partial charge in [0.2, 0.25) is 5.60 Å². The molecule has 3 N–H and O–H groups in total. The first-order valence-corrected chi connectivity index (χ1v) is 9.95. The van der Waals surface area contributed by atoms with Crippen LogP contribution in [0.25, 0.3) is 0 Å². The molecule has 1 aliphatic rings. The van der Waals surface area contributed by atoms with Gasteiger partial charge in [-0.1, -0.05) is 23.4 Å². The number of benzene rings is 2. The summed E-state index contributed by atoms with van der Waals surface area (Å²) in [5.41, 5.74) is -0.509. The van der Waals surface area contributed by atoms with Gasteiger partial charge in [0.15, 0.2) is 0 Å². The maximum absolute atomic E-state index is 13.1. The molecule has 7 heteroatoms. The van der Waals surface area contributed by atoms with Crippen LogP contribution in [0.3, 0.4) is 0 Å². The quantitative estimate of drug-likeness (QED) is 0.657. The van der Waals surface area contributed by atoms with Crippen LogP contribution in [0.2, 0.25) is 5.02 Å². The summed E-state index contributed by atoms with van der Waals surface area (Å²) in [6.07, 6.45) is 1.24. The van der Waals surface area contributed by atoms with Crippen molar-refractivity contribution < 1.29 is 14.6 Å². The molecule has 1 saturated heterocycles. The largest absolute Gasteiger partial charge is 0.497 e. The van der Waals surface area contributed by atoms with Gasteiger partial charge in [0, 0.05) is 17.2 Å². The fourth-order valence-corrected chi connectivity index (χ4v) is 3.56. The summed E-state index contributed by atoms with van der Waals surface area (Å²) in [5, 5.41) is 26.5. The number of hydrogen-bond donors (Lipinski definition) is 3. The number of piperidine rings is 1. The highest BCUT2D eigenvalue weighted by molar-refractivity contribution is 6.32. The van der Waals surface area contributed by atoms with E-state index in [1.807, 2.05) is 6.07 Å². The van der Waals surface area contributed by atoms with Crippen LogP contribution in [0.1, 0.15) is 24.0 Å². The molecule has 1 amide bonds. The van der Waals surface area contributed by atoms with Crippen molar-refractivity contribution in [1.29, 1.82) is 5.26 Å². The van der Waals surface area contributed by atoms with E-state index >= 15 is 0 Å². The molecule has 1 unspecified atom stereocenters. The lowest BCUT2D eigenvalue weighted by atomic mass is 9.80. The van der Waals surface area contributed by atoms with Gasteiger partial charge in [0.1, 0.15) is 11.8 Å². The van der Waals surface area contributed by atoms with Gasteiger partial charge >= 0.3 is 0 Å². The summed E-state index contributed by atoms with van der Waals surface area (Å²) in [5.74, 6) is 5.50. The van der Waals surface area contributed by atoms with Gasteiger partial charge in [-0.15, -0.1) is 0 Å². The molecule has 1 atom stereocenters. The van der Waals surface area contributed by atoms with Crippen LogP contribution in [0.4, 0.5) is 5.69 Å². The average molecular weight is 424 g/mol. The van der Waals surface area contributed by atoms with E-state index in [9.17, 15) is 9.90 Å². The van der Waals surface area contributed by atoms with Crippen LogP contribution >= 0.6 is 11.6 Å². The monoisotopic (exact) mass is 423 g/mol. The summed E-state index contributed by atoms with van der Waals surface area (Å²) < 4.78 is 5.14. The van der Waals surface area contributed by atoms with Gasteiger partial charge in [0.25, 0.3) is 5.91 Å². The number of halogens is 1. The first-order chi connectivity index (χ1) is 14.5. The SMILES string of the molecule is COc1ccc(C#CC(O)(C(=O)Nc2ccc(C#N)c(Cl)c2)C2CCNCC2)cc1. The van der Waals surface area contributed by atoms with Gasteiger partial charge in [-0.05, 0) is 68.4 Å². The van der Waals surface area contributed by atoms with Gasteiger partial charge in [-0.2, -0.15) is 5.26 Å². The van der Waals surface area contributed by atoms with Gasteiger partial charge in [-0.3, -0.25) is 4.79 Å². The zero-order chi connectivity index (χ0) is 21.6. The Labute approximate surface area is 180 Å². The Bertz CT molecular complexity index is 1010. The first kappa shape index (κ1) is 21.7. The van der Waals surface area contributed by atoms with Crippen molar-refractivity contribution in [2.75, 3.05) is 25.5 Å². The Morgan fingerprint density at radius 1 is 1.27 bits per heavy atom. The molecule has 0 bridgehead atoms. The number of nitrogens with zero attached hydrogens (tertiary/aromatic N) is 1. The maximum Gasteiger partial charge on any atom is 0.269 e. The standard InChI is InChI=1S/C23H22ClN3O3/c1-30-20-6-2-16(3-7-20)8-11-23(29,18-9-12-26-13-10-18)22(28)27-19-5-4-17(15-25)21(24)14-19/h2-7,14,18,26,29H,9-10,12-13H2,1H3,(H,27,28). The van der Waals surface area contributed by atoms with Crippen LogP contribution in [0.15, 0.2) is 42.5 Å². The van der Waals surface area contributed by atoms with Crippen molar-refractivity contribution in [3.8, 4) is 23.7 Å². The third-order valence-corrected chi connectivity index (χ3v) is 5.42. The summed E-state index contributed by atoms with van der Waals surface area (Å²) >= 11 is 6.06. The number of nitrogens with one attached hydrogen (secondary N) is 2. The maximum atomic E-state index is 13.1. The molecule has 0 spiro atoms. The summed E-state index contributed by atoms with van der Waals surface area (Å²) in [6.45, 7) is 1.40. The number of carbonyl (C=O) groups excluding carboxylic acids is 1. The predicted molar refractivity (Wildman–Crippen MR) is 115 cm³/mol. The van der Waals surface area contributed by atoms with Crippen molar-refractivity contribution in [1.82, 2.24) is 5.32 Å². The third kappa shape index (κ3) is 4.93. The summed E-state index contributed by atoms with van der Waals surface area (Å²) in [4.78, 5) is 13.1. The van der Waals surface area contributed by atoms with Crippen LogP contribution in [-0.4, -0.2) is 36.8 Å². The second-order valence-corrected chi connectivity index (χ2v) is 7.44. The molecule has 1 aliphatic heterocycles. The van der Waals surface area contributed by atoms with Crippen molar-refractivity contribution in [3.05, 3.63) is 58.6 Å². The number of rotatable bonds is 4. The van der Waals surface area contributed by atoms with Gasteiger partial charge in [0.05, 0.1) is 17.7 Å². The zero-order valence-corrected chi connectivity index (χ0v) is 17.3. The first-order valence-electron chi connectivity index (χ1n) is 9.57. The van der Waals surface area contributed by atoms with Crippen molar-refractivity contribution in [2.45, 2.75) is 18.4 Å². The molecule has 0 saturated carbocycles. The average Bonchev–Trinajstić information content (AvgIpc) is 2.78. The molecule has 6 nitrogen and oxygen atoms in total. The van der Waals surface area contributed by atoms with Gasteiger partial charge in [-0.25, -0.2) is 0 Å². The molecular formula is C23H22ClN3O3. The number of amides is 1. The van der Waals surface area contributed by atoms with Crippen LogP contribution in [0.5, 0.6) is 5.75 Å². The normalized spacial score (nSPS) is 15.8. The lowest BCUT2D eigenvalue weighted by Gasteiger charge is -2.33. The number of nitriles is 1. The van der Waals surface area contributed by atoms with Gasteiger partial charge < -0.3 is 20.5 Å². The van der Waals surface area contributed by atoms with Crippen LogP contribution in [0, 0.1) is 29.1 Å². The van der Waals surface area contributed by atoms with Crippen LogP contribution in [-0.2, 0) is 4.79 Å². The molecule has 154 valence electrons. The van der Waals surface area contributed by atoms with E-state index in [4.69, 9.17) is 21.6 Å². The number of methoxy groups -OCH3 is 1. The molecule has 1 fully saturated rings. The Morgan fingerprint density at radius 2 is 1.97 bits per heavy atom. The zero-order valence-electron chi connectivity index (χ0n) is 16.5. The minimum atomic E-state index is -1.87. The lowest BCUT2D eigenvalue weighted by Crippen LogP contribution is -2.51. The minimum absolute atomic E-state index is 0.227. The third-order valence-electron chi connectivity index (χ3n) is 5.11. The van der Waals surface area contributed by atoms with Crippen molar-refractivity contribution in [3.63, 3.8) is 0 Å². The molecular weight excluding hydrogens is 402 g/mol. The number of hydrogen-bond acceptors (Lipinski definition) is 5. The fraction of sp³-hybridized carbons (Fsp3) is 0.304. The Morgan fingerprint density at radius 3 is 2.57 bits per heavy atom. The topological polar surface area (TPSA) is 94.4 Å². The molecule has 0 aromatic heterocycles. The van der Waals surface area contributed by atoms with Crippen molar-refractivity contribution in [2.24, 2.45) is 5.92 Å². The molecule has 0 radical (unpaired) electrons. The van der Waals surface area contributed by atoms with E-state index in [0.29, 0.717) is 48.5 Å². The molecule has 3 rings (SSSR count). The fourth-order valence-electron chi connectivity index (χ4n) is 3.34. The van der Waals surface area contributed by atoms with E-state index in [-0.39, 0.29) is 10.9 Å². The molecule has 2 aromatic carbocycles. The Balaban J connectivity index is 1.89.